The van der Waals surface area contributed by atoms with Crippen LogP contribution in [0.25, 0.3) is 22.6 Å². The molecule has 27 heavy (non-hydrogen) atoms. The fraction of sp³-hybridized carbons (Fsp3) is 0.250. The van der Waals surface area contributed by atoms with Crippen molar-refractivity contribution in [2.24, 2.45) is 0 Å². The van der Waals surface area contributed by atoms with E-state index in [0.29, 0.717) is 13.2 Å². The summed E-state index contributed by atoms with van der Waals surface area (Å²) in [5, 5.41) is 4.22. The van der Waals surface area contributed by atoms with Crippen LogP contribution in [0.1, 0.15) is 11.3 Å². The van der Waals surface area contributed by atoms with Gasteiger partial charge in [-0.15, -0.1) is 0 Å². The zero-order valence-corrected chi connectivity index (χ0v) is 15.6. The Kier molecular flexibility index (Phi) is 4.37. The van der Waals surface area contributed by atoms with Gasteiger partial charge in [-0.05, 0) is 43.7 Å². The van der Waals surface area contributed by atoms with E-state index in [1.54, 1.807) is 20.8 Å². The summed E-state index contributed by atoms with van der Waals surface area (Å²) in [5.41, 5.74) is 5.26. The van der Waals surface area contributed by atoms with Crippen molar-refractivity contribution in [3.63, 3.8) is 0 Å². The lowest BCUT2D eigenvalue weighted by molar-refractivity contribution is 0.185. The molecule has 0 saturated carbocycles. The molecule has 0 spiro atoms. The van der Waals surface area contributed by atoms with Crippen LogP contribution >= 0.6 is 0 Å². The zero-order chi connectivity index (χ0) is 19.0. The summed E-state index contributed by atoms with van der Waals surface area (Å²) in [6.07, 6.45) is 3.42. The minimum Gasteiger partial charge on any atom is -0.383 e. The first-order valence-electron chi connectivity index (χ1n) is 8.78. The number of imidazole rings is 1. The van der Waals surface area contributed by atoms with Gasteiger partial charge in [-0.25, -0.2) is 14.3 Å². The highest BCUT2D eigenvalue weighted by Gasteiger charge is 2.20. The van der Waals surface area contributed by atoms with Gasteiger partial charge >= 0.3 is 5.69 Å². The van der Waals surface area contributed by atoms with Crippen LogP contribution in [0.4, 0.5) is 0 Å². The maximum absolute atomic E-state index is 13.3. The summed E-state index contributed by atoms with van der Waals surface area (Å²) in [6.45, 7) is 4.95. The number of fused-ring (bicyclic) bond motifs is 1. The van der Waals surface area contributed by atoms with Crippen LogP contribution in [0.2, 0.25) is 0 Å². The Balaban J connectivity index is 1.99. The minimum absolute atomic E-state index is 0.0798. The highest BCUT2D eigenvalue weighted by Crippen LogP contribution is 2.26. The van der Waals surface area contributed by atoms with Gasteiger partial charge < -0.3 is 4.74 Å². The van der Waals surface area contributed by atoms with Crippen molar-refractivity contribution >= 4 is 5.65 Å². The smallest absolute Gasteiger partial charge is 0.333 e. The molecule has 4 aromatic rings. The van der Waals surface area contributed by atoms with E-state index in [4.69, 9.17) is 4.74 Å². The molecule has 4 rings (SSSR count). The lowest BCUT2D eigenvalue weighted by atomic mass is 10.1. The molecule has 3 heterocycles. The third-order valence-electron chi connectivity index (χ3n) is 4.72. The summed E-state index contributed by atoms with van der Waals surface area (Å²) in [7, 11) is 1.64. The number of nitrogens with zero attached hydrogens (tertiary/aromatic N) is 5. The summed E-state index contributed by atoms with van der Waals surface area (Å²) in [4.78, 5) is 17.4. The number of methoxy groups -OCH3 is 1. The van der Waals surface area contributed by atoms with Crippen LogP contribution in [-0.4, -0.2) is 37.4 Å². The molecule has 7 nitrogen and oxygen atoms in total. The second-order valence-electron chi connectivity index (χ2n) is 6.52. The van der Waals surface area contributed by atoms with Crippen molar-refractivity contribution in [1.82, 2.24) is 23.7 Å². The van der Waals surface area contributed by atoms with E-state index in [2.05, 4.69) is 10.1 Å². The van der Waals surface area contributed by atoms with Gasteiger partial charge in [-0.3, -0.25) is 9.13 Å². The number of hydrogen-bond donors (Lipinski definition) is 0. The van der Waals surface area contributed by atoms with Crippen LogP contribution < -0.4 is 5.69 Å². The molecule has 7 heteroatoms. The Morgan fingerprint density at radius 3 is 2.78 bits per heavy atom. The maximum Gasteiger partial charge on any atom is 0.333 e. The molecule has 0 fully saturated rings. The number of rotatable bonds is 5. The van der Waals surface area contributed by atoms with E-state index >= 15 is 0 Å². The van der Waals surface area contributed by atoms with Crippen LogP contribution in [0.5, 0.6) is 0 Å². The second kappa shape index (κ2) is 6.85. The monoisotopic (exact) mass is 363 g/mol. The van der Waals surface area contributed by atoms with E-state index in [1.165, 1.54) is 6.33 Å². The topological polar surface area (TPSA) is 66.3 Å². The summed E-state index contributed by atoms with van der Waals surface area (Å²) >= 11 is 0. The van der Waals surface area contributed by atoms with E-state index in [9.17, 15) is 4.79 Å². The normalized spacial score (nSPS) is 11.4. The second-order valence-corrected chi connectivity index (χ2v) is 6.52. The zero-order valence-electron chi connectivity index (χ0n) is 15.6. The summed E-state index contributed by atoms with van der Waals surface area (Å²) in [5.74, 6) is 0. The van der Waals surface area contributed by atoms with Crippen LogP contribution in [-0.2, 0) is 11.3 Å². The highest BCUT2D eigenvalue weighted by atomic mass is 16.5. The predicted molar refractivity (Wildman–Crippen MR) is 103 cm³/mol. The first-order chi connectivity index (χ1) is 13.1. The largest absolute Gasteiger partial charge is 0.383 e. The third-order valence-corrected chi connectivity index (χ3v) is 4.72. The van der Waals surface area contributed by atoms with E-state index in [0.717, 1.165) is 33.8 Å². The Labute approximate surface area is 156 Å². The molecule has 0 aliphatic heterocycles. The fourth-order valence-electron chi connectivity index (χ4n) is 3.40. The third kappa shape index (κ3) is 2.96. The summed E-state index contributed by atoms with van der Waals surface area (Å²) in [6, 6.07) is 11.8. The average molecular weight is 363 g/mol. The Morgan fingerprint density at radius 2 is 2.00 bits per heavy atom. The van der Waals surface area contributed by atoms with Gasteiger partial charge in [-0.2, -0.15) is 5.10 Å². The Morgan fingerprint density at radius 1 is 1.15 bits per heavy atom. The number of hydrogen-bond acceptors (Lipinski definition) is 4. The van der Waals surface area contributed by atoms with Crippen molar-refractivity contribution in [2.45, 2.75) is 20.4 Å². The molecule has 0 bridgehead atoms. The molecule has 1 aromatic carbocycles. The van der Waals surface area contributed by atoms with Gasteiger partial charge in [0.1, 0.15) is 6.33 Å². The molecule has 0 atom stereocenters. The Hall–Kier alpha value is -3.19. The van der Waals surface area contributed by atoms with Gasteiger partial charge in [0.25, 0.3) is 0 Å². The lowest BCUT2D eigenvalue weighted by Gasteiger charge is -2.09. The fourth-order valence-corrected chi connectivity index (χ4v) is 3.40. The van der Waals surface area contributed by atoms with Crippen LogP contribution in [0, 0.1) is 13.8 Å². The van der Waals surface area contributed by atoms with Gasteiger partial charge in [0.2, 0.25) is 0 Å². The van der Waals surface area contributed by atoms with E-state index in [1.807, 2.05) is 56.4 Å². The Bertz CT molecular complexity index is 1170. The quantitative estimate of drug-likeness (QED) is 0.547. The SMILES string of the molecule is COCCn1c(C)c(-c2ccc3ncnn3c2)n(-c2cccc(C)c2)c1=O. The van der Waals surface area contributed by atoms with Crippen molar-refractivity contribution in [3.8, 4) is 16.9 Å². The maximum atomic E-state index is 13.3. The number of pyridine rings is 1. The van der Waals surface area contributed by atoms with Crippen molar-refractivity contribution in [1.29, 1.82) is 0 Å². The molecule has 0 amide bonds. The molecule has 0 saturated heterocycles. The van der Waals surface area contributed by atoms with Crippen molar-refractivity contribution in [3.05, 3.63) is 70.7 Å². The van der Waals surface area contributed by atoms with Crippen LogP contribution in [0.3, 0.4) is 0 Å². The van der Waals surface area contributed by atoms with Gasteiger partial charge in [0.15, 0.2) is 5.65 Å². The van der Waals surface area contributed by atoms with Gasteiger partial charge in [0, 0.05) is 24.6 Å². The molecule has 138 valence electrons. The number of aromatic nitrogens is 5. The molecule has 0 aliphatic rings. The van der Waals surface area contributed by atoms with E-state index in [-0.39, 0.29) is 5.69 Å². The molecule has 0 unspecified atom stereocenters. The average Bonchev–Trinajstić information content (AvgIpc) is 3.22. The predicted octanol–water partition coefficient (Wildman–Crippen LogP) is 2.61. The van der Waals surface area contributed by atoms with Crippen LogP contribution in [0.15, 0.2) is 53.7 Å². The number of benzene rings is 1. The minimum atomic E-state index is -0.0798. The molecule has 3 aromatic heterocycles. The molecular weight excluding hydrogens is 342 g/mol. The van der Waals surface area contributed by atoms with Crippen molar-refractivity contribution in [2.75, 3.05) is 13.7 Å². The standard InChI is InChI=1S/C20H21N5O2/c1-14-5-4-6-17(11-14)25-19(15(2)23(20(25)26)9-10-27-3)16-7-8-18-21-13-22-24(18)12-16/h4-8,11-13H,9-10H2,1-3H3. The molecule has 0 N–H and O–H groups in total. The van der Waals surface area contributed by atoms with E-state index < -0.39 is 0 Å². The first kappa shape index (κ1) is 17.2. The molecule has 0 aliphatic carbocycles. The van der Waals surface area contributed by atoms with Gasteiger partial charge in [-0.1, -0.05) is 12.1 Å². The highest BCUT2D eigenvalue weighted by molar-refractivity contribution is 5.66. The number of ether oxygens (including phenoxy) is 1. The molecular formula is C20H21N5O2. The first-order valence-corrected chi connectivity index (χ1v) is 8.78. The van der Waals surface area contributed by atoms with Gasteiger partial charge in [0.05, 0.1) is 24.5 Å². The lowest BCUT2D eigenvalue weighted by Crippen LogP contribution is -2.25. The van der Waals surface area contributed by atoms with Crippen molar-refractivity contribution < 1.29 is 4.74 Å². The number of aryl methyl sites for hydroxylation is 1. The summed E-state index contributed by atoms with van der Waals surface area (Å²) < 4.78 is 10.4. The molecule has 0 radical (unpaired) electrons.